The van der Waals surface area contributed by atoms with Gasteiger partial charge in [0.05, 0.1) is 32.0 Å². The van der Waals surface area contributed by atoms with Crippen LogP contribution in [-0.4, -0.2) is 78.9 Å². The Morgan fingerprint density at radius 2 is 1.88 bits per heavy atom. The third-order valence-corrected chi connectivity index (χ3v) is 4.70. The van der Waals surface area contributed by atoms with Gasteiger partial charge in [-0.2, -0.15) is 0 Å². The van der Waals surface area contributed by atoms with E-state index in [9.17, 15) is 14.6 Å². The van der Waals surface area contributed by atoms with Crippen LogP contribution < -0.4 is 5.32 Å². The largest absolute Gasteiger partial charge is 0.394 e. The van der Waals surface area contributed by atoms with Crippen LogP contribution in [0.15, 0.2) is 24.3 Å². The molecule has 2 aliphatic heterocycles. The molecule has 0 spiro atoms. The number of hydrogen-bond donors (Lipinski definition) is 3. The Morgan fingerprint density at radius 3 is 2.54 bits per heavy atom. The van der Waals surface area contributed by atoms with Crippen molar-refractivity contribution in [1.82, 2.24) is 10.2 Å². The summed E-state index contributed by atoms with van der Waals surface area (Å²) in [7, 11) is 0. The fourth-order valence-electron chi connectivity index (χ4n) is 3.43. The standard InChI is InChI=1S/C17H25FN2O4/c18-13-3-1-12(2-4-13)9-19-10-14-16(17(22)15(11-21)24-14)20-5-7-23-8-6-20/h1-4,14-17,19,21-22H,5-11H2/t14-,15+,16?,17-/m1/s1. The van der Waals surface area contributed by atoms with Crippen LogP contribution >= 0.6 is 0 Å². The molecule has 1 aromatic rings. The van der Waals surface area contributed by atoms with E-state index >= 15 is 0 Å². The van der Waals surface area contributed by atoms with Gasteiger partial charge in [-0.05, 0) is 17.7 Å². The lowest BCUT2D eigenvalue weighted by Gasteiger charge is -2.36. The third-order valence-electron chi connectivity index (χ3n) is 4.70. The van der Waals surface area contributed by atoms with E-state index in [0.29, 0.717) is 26.3 Å². The summed E-state index contributed by atoms with van der Waals surface area (Å²) in [6.07, 6.45) is -1.49. The maximum absolute atomic E-state index is 12.9. The highest BCUT2D eigenvalue weighted by atomic mass is 19.1. The predicted molar refractivity (Wildman–Crippen MR) is 86.0 cm³/mol. The minimum absolute atomic E-state index is 0.160. The molecule has 0 saturated carbocycles. The first-order chi connectivity index (χ1) is 11.7. The zero-order chi connectivity index (χ0) is 16.9. The highest BCUT2D eigenvalue weighted by molar-refractivity contribution is 5.15. The highest BCUT2D eigenvalue weighted by Gasteiger charge is 2.46. The number of rotatable bonds is 6. The van der Waals surface area contributed by atoms with Crippen molar-refractivity contribution in [3.05, 3.63) is 35.6 Å². The first-order valence-electron chi connectivity index (χ1n) is 8.40. The SMILES string of the molecule is OC[C@@H]1O[C@H](CNCc2ccc(F)cc2)C(N2CCOCC2)[C@@H]1O. The Kier molecular flexibility index (Phi) is 6.15. The van der Waals surface area contributed by atoms with Crippen LogP contribution in [0.4, 0.5) is 4.39 Å². The molecule has 7 heteroatoms. The van der Waals surface area contributed by atoms with E-state index in [4.69, 9.17) is 9.47 Å². The quantitative estimate of drug-likeness (QED) is 0.662. The van der Waals surface area contributed by atoms with E-state index in [1.54, 1.807) is 12.1 Å². The van der Waals surface area contributed by atoms with Gasteiger partial charge in [0.2, 0.25) is 0 Å². The number of aliphatic hydroxyl groups is 2. The van der Waals surface area contributed by atoms with Crippen LogP contribution in [0.1, 0.15) is 5.56 Å². The van der Waals surface area contributed by atoms with Gasteiger partial charge < -0.3 is 25.0 Å². The number of hydrogen-bond acceptors (Lipinski definition) is 6. The van der Waals surface area contributed by atoms with Gasteiger partial charge in [-0.1, -0.05) is 12.1 Å². The molecule has 2 aliphatic rings. The summed E-state index contributed by atoms with van der Waals surface area (Å²) in [5, 5.41) is 23.2. The lowest BCUT2D eigenvalue weighted by molar-refractivity contribution is -0.0225. The molecule has 24 heavy (non-hydrogen) atoms. The molecular formula is C17H25FN2O4. The molecule has 2 saturated heterocycles. The topological polar surface area (TPSA) is 74.2 Å². The van der Waals surface area contributed by atoms with Crippen molar-refractivity contribution < 1.29 is 24.1 Å². The minimum Gasteiger partial charge on any atom is -0.394 e. The van der Waals surface area contributed by atoms with E-state index in [0.717, 1.165) is 18.7 Å². The van der Waals surface area contributed by atoms with E-state index in [-0.39, 0.29) is 24.6 Å². The first-order valence-corrected chi connectivity index (χ1v) is 8.40. The third kappa shape index (κ3) is 4.11. The number of aliphatic hydroxyl groups excluding tert-OH is 2. The van der Waals surface area contributed by atoms with Crippen LogP contribution in [0.2, 0.25) is 0 Å². The van der Waals surface area contributed by atoms with E-state index in [2.05, 4.69) is 10.2 Å². The molecule has 1 aromatic carbocycles. The number of morpholine rings is 1. The zero-order valence-electron chi connectivity index (χ0n) is 13.6. The molecule has 0 aliphatic carbocycles. The van der Waals surface area contributed by atoms with Crippen LogP contribution in [0.25, 0.3) is 0 Å². The fourth-order valence-corrected chi connectivity index (χ4v) is 3.43. The molecule has 6 nitrogen and oxygen atoms in total. The van der Waals surface area contributed by atoms with Gasteiger partial charge in [0.25, 0.3) is 0 Å². The molecule has 2 fully saturated rings. The summed E-state index contributed by atoms with van der Waals surface area (Å²) in [6, 6.07) is 6.19. The molecule has 134 valence electrons. The number of nitrogens with zero attached hydrogens (tertiary/aromatic N) is 1. The average Bonchev–Trinajstić information content (AvgIpc) is 2.93. The van der Waals surface area contributed by atoms with Gasteiger partial charge in [0, 0.05) is 26.2 Å². The lowest BCUT2D eigenvalue weighted by atomic mass is 10.0. The summed E-state index contributed by atoms with van der Waals surface area (Å²) >= 11 is 0. The Labute approximate surface area is 141 Å². The monoisotopic (exact) mass is 340 g/mol. The number of benzene rings is 1. The average molecular weight is 340 g/mol. The molecule has 4 atom stereocenters. The Bertz CT molecular complexity index is 510. The second-order valence-corrected chi connectivity index (χ2v) is 6.28. The summed E-state index contributed by atoms with van der Waals surface area (Å²) in [5.41, 5.74) is 0.983. The van der Waals surface area contributed by atoms with Crippen molar-refractivity contribution in [2.75, 3.05) is 39.5 Å². The Balaban J connectivity index is 1.57. The summed E-state index contributed by atoms with van der Waals surface area (Å²) in [4.78, 5) is 2.17. The van der Waals surface area contributed by atoms with Crippen molar-refractivity contribution in [2.45, 2.75) is 30.9 Å². The molecule has 3 rings (SSSR count). The van der Waals surface area contributed by atoms with Gasteiger partial charge in [-0.25, -0.2) is 4.39 Å². The zero-order valence-corrected chi connectivity index (χ0v) is 13.6. The maximum atomic E-state index is 12.9. The van der Waals surface area contributed by atoms with Crippen LogP contribution in [0.5, 0.6) is 0 Å². The van der Waals surface area contributed by atoms with E-state index in [1.165, 1.54) is 12.1 Å². The van der Waals surface area contributed by atoms with Gasteiger partial charge in [-0.15, -0.1) is 0 Å². The fraction of sp³-hybridized carbons (Fsp3) is 0.647. The Hall–Kier alpha value is -1.09. The second kappa shape index (κ2) is 8.33. The first kappa shape index (κ1) is 17.7. The molecule has 0 aromatic heterocycles. The highest BCUT2D eigenvalue weighted by Crippen LogP contribution is 2.26. The molecule has 0 amide bonds. The summed E-state index contributed by atoms with van der Waals surface area (Å²) in [6.45, 7) is 3.72. The molecule has 2 heterocycles. The number of halogens is 1. The van der Waals surface area contributed by atoms with Crippen molar-refractivity contribution in [1.29, 1.82) is 0 Å². The van der Waals surface area contributed by atoms with Gasteiger partial charge in [-0.3, -0.25) is 4.90 Å². The smallest absolute Gasteiger partial charge is 0.123 e. The lowest BCUT2D eigenvalue weighted by Crippen LogP contribution is -2.54. The van der Waals surface area contributed by atoms with Crippen molar-refractivity contribution in [3.8, 4) is 0 Å². The van der Waals surface area contributed by atoms with Crippen molar-refractivity contribution >= 4 is 0 Å². The minimum atomic E-state index is -0.717. The van der Waals surface area contributed by atoms with E-state index < -0.39 is 12.2 Å². The molecule has 0 bridgehead atoms. The Morgan fingerprint density at radius 1 is 1.17 bits per heavy atom. The van der Waals surface area contributed by atoms with Gasteiger partial charge >= 0.3 is 0 Å². The number of nitrogens with one attached hydrogen (secondary N) is 1. The summed E-state index contributed by atoms with van der Waals surface area (Å²) in [5.74, 6) is -0.251. The summed E-state index contributed by atoms with van der Waals surface area (Å²) < 4.78 is 24.1. The van der Waals surface area contributed by atoms with E-state index in [1.807, 2.05) is 0 Å². The molecular weight excluding hydrogens is 315 g/mol. The molecule has 0 radical (unpaired) electrons. The second-order valence-electron chi connectivity index (χ2n) is 6.28. The normalized spacial score (nSPS) is 31.5. The van der Waals surface area contributed by atoms with Crippen LogP contribution in [0, 0.1) is 5.82 Å². The molecule has 3 N–H and O–H groups in total. The van der Waals surface area contributed by atoms with Crippen LogP contribution in [0.3, 0.4) is 0 Å². The van der Waals surface area contributed by atoms with Gasteiger partial charge in [0.1, 0.15) is 18.0 Å². The van der Waals surface area contributed by atoms with Gasteiger partial charge in [0.15, 0.2) is 0 Å². The maximum Gasteiger partial charge on any atom is 0.123 e. The van der Waals surface area contributed by atoms with Crippen molar-refractivity contribution in [3.63, 3.8) is 0 Å². The van der Waals surface area contributed by atoms with Crippen molar-refractivity contribution in [2.24, 2.45) is 0 Å². The predicted octanol–water partition coefficient (Wildman–Crippen LogP) is -0.263. The number of ether oxygens (including phenoxy) is 2. The molecule has 1 unspecified atom stereocenters. The van der Waals surface area contributed by atoms with Crippen LogP contribution in [-0.2, 0) is 16.0 Å².